The zero-order chi connectivity index (χ0) is 16.1. The van der Waals surface area contributed by atoms with Gasteiger partial charge in [0.1, 0.15) is 10.6 Å². The minimum absolute atomic E-state index is 0.00178. The normalized spacial score (nSPS) is 10.2. The van der Waals surface area contributed by atoms with Gasteiger partial charge in [0.25, 0.3) is 0 Å². The molecule has 0 atom stereocenters. The lowest BCUT2D eigenvalue weighted by molar-refractivity contribution is -0.380. The molecule has 7 nitrogen and oxygen atoms in total. The molecule has 0 aromatic carbocycles. The summed E-state index contributed by atoms with van der Waals surface area (Å²) in [4.78, 5) is 34.9. The number of carbonyl (C=O) groups excluding carboxylic acids is 2. The number of ether oxygens (including phenoxy) is 1. The maximum Gasteiger partial charge on any atom is 0.341 e. The highest BCUT2D eigenvalue weighted by Crippen LogP contribution is 2.34. The van der Waals surface area contributed by atoms with Crippen LogP contribution in [0.5, 0.6) is 0 Å². The van der Waals surface area contributed by atoms with Crippen molar-refractivity contribution in [1.29, 1.82) is 0 Å². The first-order valence-corrected chi connectivity index (χ1v) is 7.98. The molecule has 0 aliphatic carbocycles. The Bertz CT molecular complexity index is 693. The number of nitrogens with one attached hydrogen (secondary N) is 1. The minimum atomic E-state index is -0.696. The second-order valence-corrected chi connectivity index (χ2v) is 6.17. The standard InChI is InChI=1S/C13H12N2O5S2/c1-2-20-13(17)9-7-11(15(18)19)22-12(9)14-10(16)6-8-4-3-5-21-8/h3-5,7H,2,6H2,1H3,(H,14,16). The predicted octanol–water partition coefficient (Wildman–Crippen LogP) is 3.08. The van der Waals surface area contributed by atoms with Gasteiger partial charge < -0.3 is 10.1 Å². The molecule has 0 fully saturated rings. The Balaban J connectivity index is 2.19. The van der Waals surface area contributed by atoms with E-state index in [-0.39, 0.29) is 34.5 Å². The predicted molar refractivity (Wildman–Crippen MR) is 83.6 cm³/mol. The Morgan fingerprint density at radius 2 is 2.23 bits per heavy atom. The quantitative estimate of drug-likeness (QED) is 0.495. The summed E-state index contributed by atoms with van der Waals surface area (Å²) in [5, 5.41) is 15.1. The van der Waals surface area contributed by atoms with Crippen molar-refractivity contribution in [2.45, 2.75) is 13.3 Å². The van der Waals surface area contributed by atoms with Crippen LogP contribution in [-0.2, 0) is 16.0 Å². The molecule has 0 saturated heterocycles. The third-order valence-electron chi connectivity index (χ3n) is 2.56. The van der Waals surface area contributed by atoms with Crippen molar-refractivity contribution in [1.82, 2.24) is 0 Å². The maximum absolute atomic E-state index is 12.0. The highest BCUT2D eigenvalue weighted by molar-refractivity contribution is 7.19. The SMILES string of the molecule is CCOC(=O)c1cc([N+](=O)[O-])sc1NC(=O)Cc1cccs1. The summed E-state index contributed by atoms with van der Waals surface area (Å²) >= 11 is 2.17. The summed E-state index contributed by atoms with van der Waals surface area (Å²) in [6.07, 6.45) is 0.144. The third-order valence-corrected chi connectivity index (χ3v) is 4.44. The molecule has 2 heterocycles. The highest BCUT2D eigenvalue weighted by Gasteiger charge is 2.24. The van der Waals surface area contributed by atoms with Crippen molar-refractivity contribution in [3.05, 3.63) is 44.1 Å². The van der Waals surface area contributed by atoms with E-state index in [1.165, 1.54) is 11.3 Å². The van der Waals surface area contributed by atoms with E-state index in [2.05, 4.69) is 5.32 Å². The summed E-state index contributed by atoms with van der Waals surface area (Å²) in [7, 11) is 0. The van der Waals surface area contributed by atoms with E-state index in [4.69, 9.17) is 4.74 Å². The lowest BCUT2D eigenvalue weighted by Gasteiger charge is -2.04. The first kappa shape index (κ1) is 16.1. The summed E-state index contributed by atoms with van der Waals surface area (Å²) in [6.45, 7) is 1.78. The molecule has 2 aromatic rings. The number of carbonyl (C=O) groups is 2. The molecule has 2 aromatic heterocycles. The number of thiophene rings is 2. The number of anilines is 1. The van der Waals surface area contributed by atoms with Gasteiger partial charge in [0.2, 0.25) is 5.91 Å². The number of rotatable bonds is 6. The van der Waals surface area contributed by atoms with Crippen LogP contribution in [0.3, 0.4) is 0 Å². The first-order valence-electron chi connectivity index (χ1n) is 6.28. The Morgan fingerprint density at radius 3 is 2.82 bits per heavy atom. The largest absolute Gasteiger partial charge is 0.462 e. The van der Waals surface area contributed by atoms with Crippen LogP contribution in [0.4, 0.5) is 10.0 Å². The second-order valence-electron chi connectivity index (χ2n) is 4.11. The minimum Gasteiger partial charge on any atom is -0.462 e. The van der Waals surface area contributed by atoms with Gasteiger partial charge in [-0.3, -0.25) is 14.9 Å². The summed E-state index contributed by atoms with van der Waals surface area (Å²) in [5.74, 6) is -1.04. The summed E-state index contributed by atoms with van der Waals surface area (Å²) in [6, 6.07) is 4.75. The lowest BCUT2D eigenvalue weighted by atomic mass is 10.3. The Labute approximate surface area is 133 Å². The van der Waals surface area contributed by atoms with Crippen LogP contribution in [0.2, 0.25) is 0 Å². The Hall–Kier alpha value is -2.26. The highest BCUT2D eigenvalue weighted by atomic mass is 32.1. The van der Waals surface area contributed by atoms with Crippen LogP contribution in [0.15, 0.2) is 23.6 Å². The van der Waals surface area contributed by atoms with Gasteiger partial charge in [0, 0.05) is 10.9 Å². The molecule has 0 radical (unpaired) electrons. The van der Waals surface area contributed by atoms with Crippen LogP contribution in [0.25, 0.3) is 0 Å². The fourth-order valence-corrected chi connectivity index (χ4v) is 3.24. The fourth-order valence-electron chi connectivity index (χ4n) is 1.66. The van der Waals surface area contributed by atoms with Crippen molar-refractivity contribution in [3.63, 3.8) is 0 Å². The van der Waals surface area contributed by atoms with Crippen LogP contribution in [0, 0.1) is 10.1 Å². The van der Waals surface area contributed by atoms with Gasteiger partial charge >= 0.3 is 11.0 Å². The van der Waals surface area contributed by atoms with Gasteiger partial charge in [-0.1, -0.05) is 6.07 Å². The molecule has 0 bridgehead atoms. The number of amides is 1. The maximum atomic E-state index is 12.0. The number of nitrogens with zero attached hydrogens (tertiary/aromatic N) is 1. The van der Waals surface area contributed by atoms with Gasteiger partial charge in [-0.15, -0.1) is 11.3 Å². The molecule has 22 heavy (non-hydrogen) atoms. The Morgan fingerprint density at radius 1 is 1.45 bits per heavy atom. The van der Waals surface area contributed by atoms with E-state index >= 15 is 0 Å². The molecule has 1 amide bonds. The van der Waals surface area contributed by atoms with E-state index in [0.29, 0.717) is 0 Å². The molecule has 116 valence electrons. The van der Waals surface area contributed by atoms with E-state index in [1.807, 2.05) is 17.5 Å². The van der Waals surface area contributed by atoms with E-state index in [9.17, 15) is 19.7 Å². The van der Waals surface area contributed by atoms with Crippen molar-refractivity contribution >= 4 is 44.6 Å². The molecule has 0 aliphatic heterocycles. The summed E-state index contributed by atoms with van der Waals surface area (Å²) < 4.78 is 4.85. The monoisotopic (exact) mass is 340 g/mol. The Kier molecular flexibility index (Phi) is 5.23. The van der Waals surface area contributed by atoms with Crippen LogP contribution in [0.1, 0.15) is 22.2 Å². The zero-order valence-electron chi connectivity index (χ0n) is 11.5. The molecule has 0 spiro atoms. The molecular weight excluding hydrogens is 328 g/mol. The second kappa shape index (κ2) is 7.14. The fraction of sp³-hybridized carbons (Fsp3) is 0.231. The summed E-state index contributed by atoms with van der Waals surface area (Å²) in [5.41, 5.74) is -0.00178. The third kappa shape index (κ3) is 3.89. The smallest absolute Gasteiger partial charge is 0.341 e. The lowest BCUT2D eigenvalue weighted by Crippen LogP contribution is -2.15. The number of esters is 1. The van der Waals surface area contributed by atoms with Gasteiger partial charge in [-0.05, 0) is 29.7 Å². The average Bonchev–Trinajstić information content (AvgIpc) is 3.08. The van der Waals surface area contributed by atoms with E-state index < -0.39 is 10.9 Å². The van der Waals surface area contributed by atoms with Crippen LogP contribution >= 0.6 is 22.7 Å². The zero-order valence-corrected chi connectivity index (χ0v) is 13.2. The van der Waals surface area contributed by atoms with E-state index in [1.54, 1.807) is 6.92 Å². The number of hydrogen-bond acceptors (Lipinski definition) is 7. The molecular formula is C13H12N2O5S2. The van der Waals surface area contributed by atoms with Crippen molar-refractivity contribution in [2.75, 3.05) is 11.9 Å². The molecule has 9 heteroatoms. The van der Waals surface area contributed by atoms with Gasteiger partial charge in [0.15, 0.2) is 0 Å². The van der Waals surface area contributed by atoms with E-state index in [0.717, 1.165) is 22.3 Å². The van der Waals surface area contributed by atoms with Gasteiger partial charge in [-0.2, -0.15) is 0 Å². The average molecular weight is 340 g/mol. The molecule has 0 saturated carbocycles. The number of hydrogen-bond donors (Lipinski definition) is 1. The first-order chi connectivity index (χ1) is 10.5. The van der Waals surface area contributed by atoms with Crippen molar-refractivity contribution in [2.24, 2.45) is 0 Å². The topological polar surface area (TPSA) is 98.5 Å². The molecule has 1 N–H and O–H groups in total. The van der Waals surface area contributed by atoms with Crippen LogP contribution < -0.4 is 5.32 Å². The molecule has 2 rings (SSSR count). The van der Waals surface area contributed by atoms with Crippen molar-refractivity contribution < 1.29 is 19.2 Å². The molecule has 0 aliphatic rings. The number of nitro groups is 1. The van der Waals surface area contributed by atoms with Crippen molar-refractivity contribution in [3.8, 4) is 0 Å². The van der Waals surface area contributed by atoms with Gasteiger partial charge in [-0.25, -0.2) is 4.79 Å². The molecule has 0 unspecified atom stereocenters. The van der Waals surface area contributed by atoms with Gasteiger partial charge in [0.05, 0.1) is 18.0 Å². The van der Waals surface area contributed by atoms with Crippen LogP contribution in [-0.4, -0.2) is 23.4 Å².